The number of nitrogens with two attached hydrogens (primary N) is 1. The summed E-state index contributed by atoms with van der Waals surface area (Å²) in [5.41, 5.74) is 6.83. The van der Waals surface area contributed by atoms with Gasteiger partial charge in [-0.1, -0.05) is 11.6 Å². The zero-order chi connectivity index (χ0) is 23.3. The maximum absolute atomic E-state index is 13.1. The maximum atomic E-state index is 13.1. The van der Waals surface area contributed by atoms with Crippen LogP contribution in [-0.4, -0.2) is 36.9 Å². The normalized spacial score (nSPS) is 16.2. The quantitative estimate of drug-likeness (QED) is 0.424. The van der Waals surface area contributed by atoms with Crippen LogP contribution in [0, 0.1) is 5.82 Å². The third kappa shape index (κ3) is 5.83. The summed E-state index contributed by atoms with van der Waals surface area (Å²) in [5.74, 6) is -2.03. The van der Waals surface area contributed by atoms with Gasteiger partial charge in [0.25, 0.3) is 17.7 Å². The van der Waals surface area contributed by atoms with Crippen molar-refractivity contribution in [1.29, 1.82) is 0 Å². The number of carbonyl (C=O) groups is 3. The molecular weight excluding hydrogens is 437 g/mol. The van der Waals surface area contributed by atoms with Crippen LogP contribution < -0.4 is 27.0 Å². The summed E-state index contributed by atoms with van der Waals surface area (Å²) in [6.45, 7) is 2.96. The lowest BCUT2D eigenvalue weighted by Crippen LogP contribution is -2.39. The Morgan fingerprint density at radius 1 is 1.06 bits per heavy atom. The number of carbonyl (C=O) groups excluding carboxylic acids is 3. The molecule has 2 aromatic rings. The summed E-state index contributed by atoms with van der Waals surface area (Å²) in [5, 5.41) is 11.2. The van der Waals surface area contributed by atoms with E-state index in [2.05, 4.69) is 21.3 Å². The van der Waals surface area contributed by atoms with Crippen molar-refractivity contribution >= 4 is 40.7 Å². The van der Waals surface area contributed by atoms with Gasteiger partial charge in [-0.25, -0.2) is 4.39 Å². The second-order valence-electron chi connectivity index (χ2n) is 7.31. The Bertz CT molecular complexity index is 1070. The van der Waals surface area contributed by atoms with E-state index in [0.717, 1.165) is 25.1 Å². The third-order valence-electron chi connectivity index (χ3n) is 4.96. The fraction of sp³-hybridized carbons (Fsp3) is 0.227. The Kier molecular flexibility index (Phi) is 7.45. The van der Waals surface area contributed by atoms with Crippen LogP contribution in [0.5, 0.6) is 0 Å². The highest BCUT2D eigenvalue weighted by molar-refractivity contribution is 6.34. The molecule has 0 aliphatic carbocycles. The summed E-state index contributed by atoms with van der Waals surface area (Å²) in [7, 11) is 0. The van der Waals surface area contributed by atoms with Gasteiger partial charge >= 0.3 is 0 Å². The molecule has 1 aliphatic rings. The van der Waals surface area contributed by atoms with E-state index in [9.17, 15) is 18.8 Å². The lowest BCUT2D eigenvalue weighted by Gasteiger charge is -2.13. The highest BCUT2D eigenvalue weighted by Gasteiger charge is 2.20. The molecule has 1 fully saturated rings. The van der Waals surface area contributed by atoms with Crippen molar-refractivity contribution in [2.45, 2.75) is 19.4 Å². The molecule has 1 aliphatic heterocycles. The van der Waals surface area contributed by atoms with Gasteiger partial charge in [0.05, 0.1) is 10.6 Å². The van der Waals surface area contributed by atoms with Crippen molar-refractivity contribution in [2.75, 3.05) is 23.7 Å². The third-order valence-corrected chi connectivity index (χ3v) is 5.27. The predicted molar refractivity (Wildman–Crippen MR) is 121 cm³/mol. The molecule has 10 heteroatoms. The lowest BCUT2D eigenvalue weighted by molar-refractivity contribution is -0.119. The minimum Gasteiger partial charge on any atom is -0.394 e. The lowest BCUT2D eigenvalue weighted by atomic mass is 10.1. The molecule has 0 radical (unpaired) electrons. The molecule has 1 atom stereocenters. The van der Waals surface area contributed by atoms with Crippen LogP contribution in [0.1, 0.15) is 23.7 Å². The van der Waals surface area contributed by atoms with E-state index >= 15 is 0 Å². The van der Waals surface area contributed by atoms with E-state index in [4.69, 9.17) is 17.3 Å². The number of hydrogen-bond donors (Lipinski definition) is 5. The smallest absolute Gasteiger partial charge is 0.267 e. The van der Waals surface area contributed by atoms with Crippen LogP contribution in [0.15, 0.2) is 53.7 Å². The zero-order valence-corrected chi connectivity index (χ0v) is 18.1. The SMILES string of the molecule is C/C(C(=O)Nc1ccc(NC(=O)c2ccc(F)cc2Cl)cc1)=C(\N)C(=O)N[C@H]1CCNC1. The van der Waals surface area contributed by atoms with Crippen LogP contribution in [-0.2, 0) is 9.59 Å². The first-order valence-corrected chi connectivity index (χ1v) is 10.3. The zero-order valence-electron chi connectivity index (χ0n) is 17.3. The summed E-state index contributed by atoms with van der Waals surface area (Å²) in [6, 6.07) is 9.79. The molecule has 1 saturated heterocycles. The van der Waals surface area contributed by atoms with Gasteiger partial charge in [0.15, 0.2) is 0 Å². The molecule has 168 valence electrons. The standard InChI is InChI=1S/C22H23ClFN5O3/c1-12(19(25)22(32)29-16-8-9-26-11-16)20(30)27-14-3-5-15(6-4-14)28-21(31)17-7-2-13(24)10-18(17)23/h2-7,10,16,26H,8-9,11,25H2,1H3,(H,27,30)(H,28,31)(H,29,32)/b19-12+/t16-/m0/s1. The highest BCUT2D eigenvalue weighted by atomic mass is 35.5. The van der Waals surface area contributed by atoms with Gasteiger partial charge < -0.3 is 27.0 Å². The van der Waals surface area contributed by atoms with Crippen LogP contribution in [0.3, 0.4) is 0 Å². The predicted octanol–water partition coefficient (Wildman–Crippen LogP) is 2.38. The molecule has 2 aromatic carbocycles. The first-order valence-electron chi connectivity index (χ1n) is 9.90. The van der Waals surface area contributed by atoms with Crippen LogP contribution in [0.4, 0.5) is 15.8 Å². The fourth-order valence-electron chi connectivity index (χ4n) is 3.07. The first-order chi connectivity index (χ1) is 15.2. The van der Waals surface area contributed by atoms with Gasteiger partial charge in [-0.2, -0.15) is 0 Å². The molecule has 8 nitrogen and oxygen atoms in total. The number of benzene rings is 2. The molecule has 0 saturated carbocycles. The van der Waals surface area contributed by atoms with Gasteiger partial charge in [-0.3, -0.25) is 14.4 Å². The second kappa shape index (κ2) is 10.3. The number of hydrogen-bond acceptors (Lipinski definition) is 5. The van der Waals surface area contributed by atoms with Crippen molar-refractivity contribution in [2.24, 2.45) is 5.73 Å². The highest BCUT2D eigenvalue weighted by Crippen LogP contribution is 2.20. The average Bonchev–Trinajstić information content (AvgIpc) is 3.26. The van der Waals surface area contributed by atoms with Gasteiger partial charge in [0.2, 0.25) is 0 Å². The number of nitrogens with one attached hydrogen (secondary N) is 4. The average molecular weight is 460 g/mol. The van der Waals surface area contributed by atoms with Crippen LogP contribution >= 0.6 is 11.6 Å². The number of halogens is 2. The first kappa shape index (κ1) is 23.2. The van der Waals surface area contributed by atoms with Crippen molar-refractivity contribution in [3.8, 4) is 0 Å². The van der Waals surface area contributed by atoms with Crippen LogP contribution in [0.25, 0.3) is 0 Å². The Hall–Kier alpha value is -3.43. The van der Waals surface area contributed by atoms with E-state index in [0.29, 0.717) is 17.9 Å². The van der Waals surface area contributed by atoms with E-state index in [1.54, 1.807) is 24.3 Å². The summed E-state index contributed by atoms with van der Waals surface area (Å²) < 4.78 is 13.1. The fourth-order valence-corrected chi connectivity index (χ4v) is 3.32. The molecule has 0 aromatic heterocycles. The van der Waals surface area contributed by atoms with Gasteiger partial charge in [0.1, 0.15) is 11.5 Å². The minimum absolute atomic E-state index is 0.000495. The molecule has 3 amide bonds. The van der Waals surface area contributed by atoms with E-state index < -0.39 is 23.5 Å². The molecule has 1 heterocycles. The van der Waals surface area contributed by atoms with Gasteiger partial charge in [0, 0.05) is 29.5 Å². The summed E-state index contributed by atoms with van der Waals surface area (Å²) >= 11 is 5.90. The maximum Gasteiger partial charge on any atom is 0.267 e. The molecule has 32 heavy (non-hydrogen) atoms. The molecule has 6 N–H and O–H groups in total. The Balaban J connectivity index is 1.60. The number of amides is 3. The number of anilines is 2. The van der Waals surface area contributed by atoms with Gasteiger partial charge in [-0.05, 0) is 62.4 Å². The van der Waals surface area contributed by atoms with E-state index in [1.807, 2.05) is 0 Å². The molecule has 0 unspecified atom stereocenters. The number of rotatable bonds is 6. The second-order valence-corrected chi connectivity index (χ2v) is 7.72. The van der Waals surface area contributed by atoms with Crippen molar-refractivity contribution in [3.05, 3.63) is 70.1 Å². The monoisotopic (exact) mass is 459 g/mol. The molecular formula is C22H23ClFN5O3. The largest absolute Gasteiger partial charge is 0.394 e. The van der Waals surface area contributed by atoms with Crippen LogP contribution in [0.2, 0.25) is 5.02 Å². The Labute approximate surface area is 189 Å². The van der Waals surface area contributed by atoms with E-state index in [-0.39, 0.29) is 27.9 Å². The molecule has 0 bridgehead atoms. The van der Waals surface area contributed by atoms with Gasteiger partial charge in [-0.15, -0.1) is 0 Å². The summed E-state index contributed by atoms with van der Waals surface area (Å²) in [4.78, 5) is 37.0. The van der Waals surface area contributed by atoms with Crippen molar-refractivity contribution < 1.29 is 18.8 Å². The van der Waals surface area contributed by atoms with Crippen molar-refractivity contribution in [1.82, 2.24) is 10.6 Å². The molecule has 0 spiro atoms. The molecule has 3 rings (SSSR count). The Morgan fingerprint density at radius 3 is 2.31 bits per heavy atom. The Morgan fingerprint density at radius 2 is 1.72 bits per heavy atom. The minimum atomic E-state index is -0.537. The topological polar surface area (TPSA) is 125 Å². The summed E-state index contributed by atoms with van der Waals surface area (Å²) in [6.07, 6.45) is 0.806. The van der Waals surface area contributed by atoms with E-state index in [1.165, 1.54) is 13.0 Å². The van der Waals surface area contributed by atoms with Crippen molar-refractivity contribution in [3.63, 3.8) is 0 Å².